The molecule has 0 spiro atoms. The van der Waals surface area contributed by atoms with Gasteiger partial charge in [-0.25, -0.2) is 0 Å². The van der Waals surface area contributed by atoms with Crippen molar-refractivity contribution in [1.29, 1.82) is 0 Å². The lowest BCUT2D eigenvalue weighted by Crippen LogP contribution is -2.41. The van der Waals surface area contributed by atoms with E-state index in [0.29, 0.717) is 6.54 Å². The van der Waals surface area contributed by atoms with Gasteiger partial charge in [0.05, 0.1) is 0 Å². The Bertz CT molecular complexity index is 527. The Hall–Kier alpha value is -0.470. The Kier molecular flexibility index (Phi) is 5.57. The lowest BCUT2D eigenvalue weighted by Gasteiger charge is -2.26. The predicted octanol–water partition coefficient (Wildman–Crippen LogP) is 1.50. The Labute approximate surface area is 125 Å². The lowest BCUT2D eigenvalue weighted by molar-refractivity contribution is 0.429. The van der Waals surface area contributed by atoms with Gasteiger partial charge in [0.25, 0.3) is 10.2 Å². The smallest absolute Gasteiger partial charge is 0.279 e. The molecular weight excluding hydrogens is 294 g/mol. The van der Waals surface area contributed by atoms with Crippen LogP contribution in [0.15, 0.2) is 11.4 Å². The summed E-state index contributed by atoms with van der Waals surface area (Å²) in [6.45, 7) is 1.34. The summed E-state index contributed by atoms with van der Waals surface area (Å²) >= 11 is 1.72. The van der Waals surface area contributed by atoms with E-state index in [1.54, 1.807) is 18.4 Å². The minimum Gasteiger partial charge on any atom is -0.320 e. The molecule has 1 aliphatic rings. The standard InChI is InChI=1S/C13H23N3O2S2/c1-14-8-4-9-16(2)20(17,18)15-12-5-3-6-13-11(12)7-10-19-13/h7,10,12,14-15H,3-6,8-9H2,1-2H3. The van der Waals surface area contributed by atoms with Crippen molar-refractivity contribution in [2.45, 2.75) is 31.7 Å². The molecule has 0 saturated heterocycles. The van der Waals surface area contributed by atoms with Crippen molar-refractivity contribution >= 4 is 21.5 Å². The largest absolute Gasteiger partial charge is 0.320 e. The van der Waals surface area contributed by atoms with E-state index in [0.717, 1.165) is 37.8 Å². The molecule has 7 heteroatoms. The van der Waals surface area contributed by atoms with Gasteiger partial charge in [-0.2, -0.15) is 17.4 Å². The highest BCUT2D eigenvalue weighted by Crippen LogP contribution is 2.33. The van der Waals surface area contributed by atoms with Gasteiger partial charge in [-0.05, 0) is 56.3 Å². The Morgan fingerprint density at radius 1 is 1.50 bits per heavy atom. The topological polar surface area (TPSA) is 61.4 Å². The first kappa shape index (κ1) is 15.9. The van der Waals surface area contributed by atoms with Crippen LogP contribution in [0.3, 0.4) is 0 Å². The molecule has 1 atom stereocenters. The Morgan fingerprint density at radius 2 is 2.30 bits per heavy atom. The number of nitrogens with zero attached hydrogens (tertiary/aromatic N) is 1. The van der Waals surface area contributed by atoms with Crippen molar-refractivity contribution in [3.05, 3.63) is 21.9 Å². The normalized spacial score (nSPS) is 19.2. The van der Waals surface area contributed by atoms with Gasteiger partial charge in [-0.1, -0.05) is 0 Å². The second-order valence-electron chi connectivity index (χ2n) is 5.15. The lowest BCUT2D eigenvalue weighted by atomic mass is 9.95. The highest BCUT2D eigenvalue weighted by atomic mass is 32.2. The molecule has 0 aliphatic heterocycles. The van der Waals surface area contributed by atoms with Gasteiger partial charge >= 0.3 is 0 Å². The molecule has 0 amide bonds. The number of aryl methyl sites for hydroxylation is 1. The molecule has 20 heavy (non-hydrogen) atoms. The van der Waals surface area contributed by atoms with Crippen molar-refractivity contribution in [3.8, 4) is 0 Å². The highest BCUT2D eigenvalue weighted by molar-refractivity contribution is 7.87. The average molecular weight is 317 g/mol. The molecule has 114 valence electrons. The fourth-order valence-electron chi connectivity index (χ4n) is 2.48. The Morgan fingerprint density at radius 3 is 3.05 bits per heavy atom. The van der Waals surface area contributed by atoms with E-state index in [1.807, 2.05) is 18.5 Å². The monoisotopic (exact) mass is 317 g/mol. The van der Waals surface area contributed by atoms with Gasteiger partial charge in [0.2, 0.25) is 0 Å². The summed E-state index contributed by atoms with van der Waals surface area (Å²) in [6, 6.07) is 1.98. The van der Waals surface area contributed by atoms with Gasteiger partial charge in [-0.3, -0.25) is 0 Å². The SMILES string of the molecule is CNCCCN(C)S(=O)(=O)NC1CCCc2sccc21. The zero-order valence-corrected chi connectivity index (χ0v) is 13.7. The van der Waals surface area contributed by atoms with Crippen LogP contribution in [0.2, 0.25) is 0 Å². The summed E-state index contributed by atoms with van der Waals surface area (Å²) < 4.78 is 28.9. The van der Waals surface area contributed by atoms with E-state index in [1.165, 1.54) is 9.18 Å². The molecule has 2 rings (SSSR count). The first-order chi connectivity index (χ1) is 9.54. The number of hydrogen-bond acceptors (Lipinski definition) is 4. The minimum atomic E-state index is -3.40. The number of rotatable bonds is 7. The van der Waals surface area contributed by atoms with Gasteiger partial charge in [-0.15, -0.1) is 11.3 Å². The molecule has 1 aromatic rings. The summed E-state index contributed by atoms with van der Waals surface area (Å²) in [5, 5.41) is 5.07. The van der Waals surface area contributed by atoms with E-state index < -0.39 is 10.2 Å². The summed E-state index contributed by atoms with van der Waals surface area (Å²) in [6.07, 6.45) is 3.81. The Balaban J connectivity index is 1.99. The van der Waals surface area contributed by atoms with Crippen molar-refractivity contribution in [1.82, 2.24) is 14.3 Å². The molecule has 1 heterocycles. The van der Waals surface area contributed by atoms with Crippen LogP contribution in [0.4, 0.5) is 0 Å². The molecule has 0 aromatic carbocycles. The van der Waals surface area contributed by atoms with Crippen LogP contribution < -0.4 is 10.0 Å². The van der Waals surface area contributed by atoms with Gasteiger partial charge in [0.1, 0.15) is 0 Å². The van der Waals surface area contributed by atoms with Crippen molar-refractivity contribution in [2.24, 2.45) is 0 Å². The molecule has 5 nitrogen and oxygen atoms in total. The summed E-state index contributed by atoms with van der Waals surface area (Å²) in [5.74, 6) is 0. The molecule has 0 fully saturated rings. The van der Waals surface area contributed by atoms with Crippen molar-refractivity contribution in [2.75, 3.05) is 27.2 Å². The summed E-state index contributed by atoms with van der Waals surface area (Å²) in [7, 11) is 0.101. The first-order valence-electron chi connectivity index (χ1n) is 6.99. The molecule has 1 aromatic heterocycles. The fourth-order valence-corrected chi connectivity index (χ4v) is 4.62. The maximum atomic E-state index is 12.3. The van der Waals surface area contributed by atoms with E-state index >= 15 is 0 Å². The molecule has 2 N–H and O–H groups in total. The molecule has 1 aliphatic carbocycles. The second kappa shape index (κ2) is 7.00. The molecule has 0 saturated carbocycles. The van der Waals surface area contributed by atoms with E-state index in [9.17, 15) is 8.42 Å². The van der Waals surface area contributed by atoms with E-state index in [4.69, 9.17) is 0 Å². The number of fused-ring (bicyclic) bond motifs is 1. The van der Waals surface area contributed by atoms with E-state index in [-0.39, 0.29) is 6.04 Å². The van der Waals surface area contributed by atoms with Crippen LogP contribution in [0.5, 0.6) is 0 Å². The highest BCUT2D eigenvalue weighted by Gasteiger charge is 2.27. The van der Waals surface area contributed by atoms with Gasteiger partial charge in [0.15, 0.2) is 0 Å². The van der Waals surface area contributed by atoms with Crippen LogP contribution in [-0.2, 0) is 16.6 Å². The first-order valence-corrected chi connectivity index (χ1v) is 9.31. The average Bonchev–Trinajstić information content (AvgIpc) is 2.88. The maximum Gasteiger partial charge on any atom is 0.279 e. The van der Waals surface area contributed by atoms with Crippen LogP contribution in [0, 0.1) is 0 Å². The van der Waals surface area contributed by atoms with Gasteiger partial charge in [0, 0.05) is 24.5 Å². The maximum absolute atomic E-state index is 12.3. The number of thiophene rings is 1. The second-order valence-corrected chi connectivity index (χ2v) is 7.96. The van der Waals surface area contributed by atoms with Crippen LogP contribution >= 0.6 is 11.3 Å². The fraction of sp³-hybridized carbons (Fsp3) is 0.692. The zero-order chi connectivity index (χ0) is 14.6. The van der Waals surface area contributed by atoms with E-state index in [2.05, 4.69) is 10.0 Å². The van der Waals surface area contributed by atoms with Gasteiger partial charge < -0.3 is 5.32 Å². The van der Waals surface area contributed by atoms with Crippen LogP contribution in [0.25, 0.3) is 0 Å². The van der Waals surface area contributed by atoms with Crippen molar-refractivity contribution < 1.29 is 8.42 Å². The molecule has 1 unspecified atom stereocenters. The third-order valence-corrected chi connectivity index (χ3v) is 6.24. The molecular formula is C13H23N3O2S2. The van der Waals surface area contributed by atoms with Crippen LogP contribution in [-0.4, -0.2) is 39.9 Å². The minimum absolute atomic E-state index is 0.0678. The molecule has 0 radical (unpaired) electrons. The number of nitrogens with one attached hydrogen (secondary N) is 2. The molecule has 0 bridgehead atoms. The predicted molar refractivity (Wildman–Crippen MR) is 83.2 cm³/mol. The summed E-state index contributed by atoms with van der Waals surface area (Å²) in [5.41, 5.74) is 1.16. The number of hydrogen-bond donors (Lipinski definition) is 2. The van der Waals surface area contributed by atoms with Crippen LogP contribution in [0.1, 0.15) is 35.7 Å². The summed E-state index contributed by atoms with van der Waals surface area (Å²) in [4.78, 5) is 1.32. The van der Waals surface area contributed by atoms with Crippen molar-refractivity contribution in [3.63, 3.8) is 0 Å². The zero-order valence-electron chi connectivity index (χ0n) is 12.1. The third kappa shape index (κ3) is 3.79. The third-order valence-electron chi connectivity index (χ3n) is 3.65. The quantitative estimate of drug-likeness (QED) is 0.749.